The molecule has 3 aromatic rings. The van der Waals surface area contributed by atoms with E-state index in [1.54, 1.807) is 18.5 Å². The van der Waals surface area contributed by atoms with Gasteiger partial charge in [-0.25, -0.2) is 0 Å². The average Bonchev–Trinajstić information content (AvgIpc) is 2.40. The first kappa shape index (κ1) is 9.78. The second-order valence-corrected chi connectivity index (χ2v) is 3.83. The van der Waals surface area contributed by atoms with Crippen molar-refractivity contribution in [3.8, 4) is 11.3 Å². The number of aromatic amines is 1. The Morgan fingerprint density at radius 1 is 1.06 bits per heavy atom. The number of aromatic nitrogens is 2. The molecule has 0 saturated heterocycles. The zero-order valence-electron chi connectivity index (χ0n) is 9.05. The Kier molecular flexibility index (Phi) is 2.22. The average molecular weight is 222 g/mol. The summed E-state index contributed by atoms with van der Waals surface area (Å²) in [7, 11) is 0. The van der Waals surface area contributed by atoms with Gasteiger partial charge in [0.1, 0.15) is 0 Å². The molecule has 0 unspecified atom stereocenters. The Labute approximate surface area is 97.8 Å². The minimum atomic E-state index is 0.0261. The van der Waals surface area contributed by atoms with Crippen LogP contribution in [0.15, 0.2) is 59.7 Å². The van der Waals surface area contributed by atoms with E-state index in [0.717, 1.165) is 16.8 Å². The second kappa shape index (κ2) is 3.87. The number of rotatable bonds is 1. The van der Waals surface area contributed by atoms with Gasteiger partial charge >= 0.3 is 0 Å². The number of pyridine rings is 2. The van der Waals surface area contributed by atoms with Crippen LogP contribution < -0.4 is 5.43 Å². The fourth-order valence-corrected chi connectivity index (χ4v) is 1.87. The molecule has 3 heteroatoms. The molecular weight excluding hydrogens is 212 g/mol. The molecule has 0 amide bonds. The standard InChI is InChI=1S/C14H10N2O/c17-14-8-13(10-4-3-7-15-9-10)16-12-6-2-1-5-11(12)14/h1-9H,(H,16,17). The molecule has 17 heavy (non-hydrogen) atoms. The van der Waals surface area contributed by atoms with Gasteiger partial charge in [0.25, 0.3) is 0 Å². The van der Waals surface area contributed by atoms with Crippen LogP contribution in [0.25, 0.3) is 22.2 Å². The van der Waals surface area contributed by atoms with E-state index in [0.29, 0.717) is 5.39 Å². The molecule has 0 aliphatic rings. The fraction of sp³-hybridized carbons (Fsp3) is 0. The molecule has 0 saturated carbocycles. The monoisotopic (exact) mass is 222 g/mol. The molecular formula is C14H10N2O. The molecule has 0 spiro atoms. The molecule has 0 fully saturated rings. The smallest absolute Gasteiger partial charge is 0.190 e. The highest BCUT2D eigenvalue weighted by Gasteiger charge is 2.03. The largest absolute Gasteiger partial charge is 0.354 e. The fourth-order valence-electron chi connectivity index (χ4n) is 1.87. The number of nitrogens with zero attached hydrogens (tertiary/aromatic N) is 1. The van der Waals surface area contributed by atoms with E-state index in [9.17, 15) is 4.79 Å². The number of hydrogen-bond acceptors (Lipinski definition) is 2. The highest BCUT2D eigenvalue weighted by Crippen LogP contribution is 2.16. The van der Waals surface area contributed by atoms with Gasteiger partial charge in [-0.1, -0.05) is 12.1 Å². The summed E-state index contributed by atoms with van der Waals surface area (Å²) in [6.45, 7) is 0. The summed E-state index contributed by atoms with van der Waals surface area (Å²) >= 11 is 0. The number of para-hydroxylation sites is 1. The van der Waals surface area contributed by atoms with Gasteiger partial charge in [0, 0.05) is 34.9 Å². The molecule has 3 rings (SSSR count). The quantitative estimate of drug-likeness (QED) is 0.687. The van der Waals surface area contributed by atoms with E-state index in [2.05, 4.69) is 9.97 Å². The van der Waals surface area contributed by atoms with Crippen molar-refractivity contribution in [2.45, 2.75) is 0 Å². The molecule has 0 radical (unpaired) electrons. The van der Waals surface area contributed by atoms with Gasteiger partial charge in [0.05, 0.1) is 5.69 Å². The van der Waals surface area contributed by atoms with Crippen molar-refractivity contribution in [3.63, 3.8) is 0 Å². The predicted octanol–water partition coefficient (Wildman–Crippen LogP) is 2.59. The van der Waals surface area contributed by atoms with E-state index in [1.807, 2.05) is 36.4 Å². The lowest BCUT2D eigenvalue weighted by molar-refractivity contribution is 1.30. The SMILES string of the molecule is O=c1cc(-c2cccnc2)[nH]c2ccccc12. The van der Waals surface area contributed by atoms with Crippen molar-refractivity contribution in [2.24, 2.45) is 0 Å². The number of nitrogens with one attached hydrogen (secondary N) is 1. The van der Waals surface area contributed by atoms with E-state index in [4.69, 9.17) is 0 Å². The summed E-state index contributed by atoms with van der Waals surface area (Å²) in [5, 5.41) is 0.708. The molecule has 3 nitrogen and oxygen atoms in total. The number of hydrogen-bond donors (Lipinski definition) is 1. The van der Waals surface area contributed by atoms with Gasteiger partial charge in [-0.05, 0) is 24.3 Å². The summed E-state index contributed by atoms with van der Waals surface area (Å²) in [6.07, 6.45) is 3.45. The van der Waals surface area contributed by atoms with Gasteiger partial charge < -0.3 is 4.98 Å². The number of H-pyrrole nitrogens is 1. The van der Waals surface area contributed by atoms with Crippen molar-refractivity contribution in [1.29, 1.82) is 0 Å². The van der Waals surface area contributed by atoms with E-state index >= 15 is 0 Å². The first-order valence-corrected chi connectivity index (χ1v) is 5.37. The van der Waals surface area contributed by atoms with Crippen LogP contribution in [0.2, 0.25) is 0 Å². The van der Waals surface area contributed by atoms with Crippen molar-refractivity contribution >= 4 is 10.9 Å². The Bertz CT molecular complexity index is 717. The highest BCUT2D eigenvalue weighted by atomic mass is 16.1. The summed E-state index contributed by atoms with van der Waals surface area (Å²) in [5.74, 6) is 0. The van der Waals surface area contributed by atoms with Gasteiger partial charge in [-0.3, -0.25) is 9.78 Å². The highest BCUT2D eigenvalue weighted by molar-refractivity contribution is 5.81. The van der Waals surface area contributed by atoms with Gasteiger partial charge in [0.2, 0.25) is 0 Å². The number of benzene rings is 1. The molecule has 0 aliphatic heterocycles. The van der Waals surface area contributed by atoms with Crippen molar-refractivity contribution in [2.75, 3.05) is 0 Å². The molecule has 2 heterocycles. The lowest BCUT2D eigenvalue weighted by atomic mass is 10.1. The minimum Gasteiger partial charge on any atom is -0.354 e. The van der Waals surface area contributed by atoms with Gasteiger partial charge in [-0.15, -0.1) is 0 Å². The predicted molar refractivity (Wildman–Crippen MR) is 67.8 cm³/mol. The molecule has 82 valence electrons. The molecule has 1 aromatic carbocycles. The first-order valence-electron chi connectivity index (χ1n) is 5.37. The van der Waals surface area contributed by atoms with Crippen molar-refractivity contribution < 1.29 is 0 Å². The maximum absolute atomic E-state index is 11.9. The minimum absolute atomic E-state index is 0.0261. The zero-order chi connectivity index (χ0) is 11.7. The Hall–Kier alpha value is -2.42. The van der Waals surface area contributed by atoms with Gasteiger partial charge in [0.15, 0.2) is 5.43 Å². The zero-order valence-corrected chi connectivity index (χ0v) is 9.05. The summed E-state index contributed by atoms with van der Waals surface area (Å²) in [4.78, 5) is 19.2. The maximum atomic E-state index is 11.9. The van der Waals surface area contributed by atoms with Crippen LogP contribution in [0.4, 0.5) is 0 Å². The lowest BCUT2D eigenvalue weighted by Crippen LogP contribution is -2.02. The summed E-state index contributed by atoms with van der Waals surface area (Å²) in [6, 6.07) is 12.9. The Morgan fingerprint density at radius 3 is 2.76 bits per heavy atom. The van der Waals surface area contributed by atoms with Crippen LogP contribution in [0.3, 0.4) is 0 Å². The second-order valence-electron chi connectivity index (χ2n) is 3.83. The van der Waals surface area contributed by atoms with Crippen molar-refractivity contribution in [1.82, 2.24) is 9.97 Å². The molecule has 1 N–H and O–H groups in total. The normalized spacial score (nSPS) is 10.6. The third-order valence-corrected chi connectivity index (χ3v) is 2.71. The van der Waals surface area contributed by atoms with Crippen LogP contribution >= 0.6 is 0 Å². The molecule has 0 aliphatic carbocycles. The van der Waals surface area contributed by atoms with E-state index in [-0.39, 0.29) is 5.43 Å². The maximum Gasteiger partial charge on any atom is 0.190 e. The molecule has 2 aromatic heterocycles. The Balaban J connectivity index is 2.30. The summed E-state index contributed by atoms with van der Waals surface area (Å²) < 4.78 is 0. The lowest BCUT2D eigenvalue weighted by Gasteiger charge is -2.03. The third kappa shape index (κ3) is 1.72. The van der Waals surface area contributed by atoms with Crippen LogP contribution in [-0.2, 0) is 0 Å². The van der Waals surface area contributed by atoms with Crippen LogP contribution in [0.1, 0.15) is 0 Å². The molecule has 0 bridgehead atoms. The third-order valence-electron chi connectivity index (χ3n) is 2.71. The topological polar surface area (TPSA) is 45.8 Å². The van der Waals surface area contributed by atoms with Crippen LogP contribution in [0.5, 0.6) is 0 Å². The van der Waals surface area contributed by atoms with E-state index < -0.39 is 0 Å². The Morgan fingerprint density at radius 2 is 1.94 bits per heavy atom. The summed E-state index contributed by atoms with van der Waals surface area (Å²) in [5.41, 5.74) is 2.58. The van der Waals surface area contributed by atoms with Crippen LogP contribution in [0, 0.1) is 0 Å². The van der Waals surface area contributed by atoms with E-state index in [1.165, 1.54) is 0 Å². The first-order chi connectivity index (χ1) is 8.34. The van der Waals surface area contributed by atoms with Crippen molar-refractivity contribution in [3.05, 3.63) is 65.1 Å². The van der Waals surface area contributed by atoms with Gasteiger partial charge in [-0.2, -0.15) is 0 Å². The van der Waals surface area contributed by atoms with Crippen LogP contribution in [-0.4, -0.2) is 9.97 Å². The molecule has 0 atom stereocenters. The number of fused-ring (bicyclic) bond motifs is 1.